The van der Waals surface area contributed by atoms with Gasteiger partial charge in [-0.1, -0.05) is 13.8 Å². The van der Waals surface area contributed by atoms with Gasteiger partial charge in [0.1, 0.15) is 0 Å². The molecule has 0 aliphatic heterocycles. The monoisotopic (exact) mass is 144 g/mol. The number of nitrogens with two attached hydrogens (primary N) is 1. The molecular formula is C8H20N2. The molecule has 0 saturated carbocycles. The van der Waals surface area contributed by atoms with Crippen LogP contribution in [-0.4, -0.2) is 19.1 Å². The molecule has 0 heterocycles. The lowest BCUT2D eigenvalue weighted by Gasteiger charge is -2.07. The molecule has 0 fully saturated rings. The first kappa shape index (κ1) is 9.92. The van der Waals surface area contributed by atoms with Crippen LogP contribution < -0.4 is 11.1 Å². The van der Waals surface area contributed by atoms with Crippen molar-refractivity contribution >= 4 is 0 Å². The van der Waals surface area contributed by atoms with Crippen LogP contribution in [0.25, 0.3) is 0 Å². The van der Waals surface area contributed by atoms with Crippen LogP contribution in [0.15, 0.2) is 0 Å². The second-order valence-corrected chi connectivity index (χ2v) is 2.66. The molecular weight excluding hydrogens is 124 g/mol. The average Bonchev–Trinajstić information content (AvgIpc) is 1.98. The fraction of sp³-hybridized carbons (Fsp3) is 1.00. The van der Waals surface area contributed by atoms with Gasteiger partial charge in [-0.15, -0.1) is 0 Å². The van der Waals surface area contributed by atoms with Crippen molar-refractivity contribution in [2.45, 2.75) is 39.2 Å². The van der Waals surface area contributed by atoms with Crippen LogP contribution in [0, 0.1) is 0 Å². The molecule has 62 valence electrons. The number of rotatable bonds is 6. The van der Waals surface area contributed by atoms with Gasteiger partial charge >= 0.3 is 0 Å². The van der Waals surface area contributed by atoms with E-state index in [2.05, 4.69) is 19.2 Å². The van der Waals surface area contributed by atoms with Crippen LogP contribution in [0.1, 0.15) is 33.1 Å². The predicted octanol–water partition coefficient (Wildman–Crippen LogP) is 1.11. The summed E-state index contributed by atoms with van der Waals surface area (Å²) in [5, 5.41) is 3.27. The highest BCUT2D eigenvalue weighted by atomic mass is 14.8. The SMILES string of the molecule is CCNCCCC(N)CC. The predicted molar refractivity (Wildman–Crippen MR) is 46.0 cm³/mol. The molecule has 0 aliphatic carbocycles. The maximum absolute atomic E-state index is 5.73. The molecule has 0 aromatic rings. The smallest absolute Gasteiger partial charge is 0.00366 e. The fourth-order valence-corrected chi connectivity index (χ4v) is 0.870. The van der Waals surface area contributed by atoms with Crippen molar-refractivity contribution in [2.24, 2.45) is 5.73 Å². The standard InChI is InChI=1S/C8H20N2/c1-3-8(9)6-5-7-10-4-2/h8,10H,3-7,9H2,1-2H3. The van der Waals surface area contributed by atoms with Gasteiger partial charge in [0.05, 0.1) is 0 Å². The first-order valence-corrected chi connectivity index (χ1v) is 4.27. The van der Waals surface area contributed by atoms with E-state index >= 15 is 0 Å². The van der Waals surface area contributed by atoms with Crippen LogP contribution >= 0.6 is 0 Å². The maximum Gasteiger partial charge on any atom is 0.00366 e. The van der Waals surface area contributed by atoms with E-state index in [0.29, 0.717) is 6.04 Å². The Hall–Kier alpha value is -0.0800. The highest BCUT2D eigenvalue weighted by molar-refractivity contribution is 4.58. The Morgan fingerprint density at radius 3 is 2.60 bits per heavy atom. The Morgan fingerprint density at radius 2 is 2.10 bits per heavy atom. The molecule has 1 atom stereocenters. The van der Waals surface area contributed by atoms with Crippen LogP contribution in [0.2, 0.25) is 0 Å². The van der Waals surface area contributed by atoms with Gasteiger partial charge in [0, 0.05) is 6.04 Å². The Labute approximate surface area is 64.2 Å². The molecule has 0 saturated heterocycles. The molecule has 0 rings (SSSR count). The third-order valence-corrected chi connectivity index (χ3v) is 1.70. The molecule has 2 heteroatoms. The number of hydrogen-bond acceptors (Lipinski definition) is 2. The van der Waals surface area contributed by atoms with E-state index in [0.717, 1.165) is 25.9 Å². The van der Waals surface area contributed by atoms with Crippen molar-refractivity contribution in [3.63, 3.8) is 0 Å². The molecule has 0 spiro atoms. The third-order valence-electron chi connectivity index (χ3n) is 1.70. The Balaban J connectivity index is 2.89. The summed E-state index contributed by atoms with van der Waals surface area (Å²) < 4.78 is 0. The minimum absolute atomic E-state index is 0.415. The molecule has 0 radical (unpaired) electrons. The molecule has 10 heavy (non-hydrogen) atoms. The summed E-state index contributed by atoms with van der Waals surface area (Å²) in [5.41, 5.74) is 5.73. The summed E-state index contributed by atoms with van der Waals surface area (Å²) in [4.78, 5) is 0. The molecule has 1 unspecified atom stereocenters. The van der Waals surface area contributed by atoms with Gasteiger partial charge in [-0.3, -0.25) is 0 Å². The first-order chi connectivity index (χ1) is 4.81. The highest BCUT2D eigenvalue weighted by Gasteiger charge is 1.96. The quantitative estimate of drug-likeness (QED) is 0.548. The molecule has 0 bridgehead atoms. The molecule has 0 amide bonds. The lowest BCUT2D eigenvalue weighted by atomic mass is 10.1. The van der Waals surface area contributed by atoms with E-state index < -0.39 is 0 Å². The lowest BCUT2D eigenvalue weighted by molar-refractivity contribution is 0.545. The van der Waals surface area contributed by atoms with E-state index in [1.165, 1.54) is 6.42 Å². The Kier molecular flexibility index (Phi) is 6.98. The Morgan fingerprint density at radius 1 is 1.40 bits per heavy atom. The first-order valence-electron chi connectivity index (χ1n) is 4.27. The van der Waals surface area contributed by atoms with E-state index in [1.807, 2.05) is 0 Å². The van der Waals surface area contributed by atoms with E-state index in [4.69, 9.17) is 5.73 Å². The van der Waals surface area contributed by atoms with Crippen molar-refractivity contribution in [3.05, 3.63) is 0 Å². The van der Waals surface area contributed by atoms with Gasteiger partial charge in [0.15, 0.2) is 0 Å². The van der Waals surface area contributed by atoms with Gasteiger partial charge < -0.3 is 11.1 Å². The largest absolute Gasteiger partial charge is 0.328 e. The van der Waals surface area contributed by atoms with Gasteiger partial charge in [-0.2, -0.15) is 0 Å². The molecule has 0 aromatic heterocycles. The zero-order valence-corrected chi connectivity index (χ0v) is 7.19. The summed E-state index contributed by atoms with van der Waals surface area (Å²) in [6.07, 6.45) is 3.47. The molecule has 3 N–H and O–H groups in total. The summed E-state index contributed by atoms with van der Waals surface area (Å²) >= 11 is 0. The third kappa shape index (κ3) is 6.05. The second kappa shape index (κ2) is 7.03. The molecule has 0 aromatic carbocycles. The summed E-state index contributed by atoms with van der Waals surface area (Å²) in [5.74, 6) is 0. The van der Waals surface area contributed by atoms with Crippen LogP contribution in [0.5, 0.6) is 0 Å². The van der Waals surface area contributed by atoms with Crippen molar-refractivity contribution < 1.29 is 0 Å². The molecule has 2 nitrogen and oxygen atoms in total. The van der Waals surface area contributed by atoms with Crippen molar-refractivity contribution in [3.8, 4) is 0 Å². The highest BCUT2D eigenvalue weighted by Crippen LogP contribution is 1.96. The van der Waals surface area contributed by atoms with Crippen molar-refractivity contribution in [1.82, 2.24) is 5.32 Å². The normalized spacial score (nSPS) is 13.5. The lowest BCUT2D eigenvalue weighted by Crippen LogP contribution is -2.21. The summed E-state index contributed by atoms with van der Waals surface area (Å²) in [7, 11) is 0. The zero-order valence-electron chi connectivity index (χ0n) is 7.19. The number of hydrogen-bond donors (Lipinski definition) is 2. The number of nitrogens with one attached hydrogen (secondary N) is 1. The Bertz CT molecular complexity index is 64.3. The maximum atomic E-state index is 5.73. The average molecular weight is 144 g/mol. The minimum atomic E-state index is 0.415. The van der Waals surface area contributed by atoms with Crippen LogP contribution in [0.4, 0.5) is 0 Å². The van der Waals surface area contributed by atoms with E-state index in [9.17, 15) is 0 Å². The van der Waals surface area contributed by atoms with Gasteiger partial charge in [-0.25, -0.2) is 0 Å². The second-order valence-electron chi connectivity index (χ2n) is 2.66. The van der Waals surface area contributed by atoms with Crippen LogP contribution in [0.3, 0.4) is 0 Å². The summed E-state index contributed by atoms with van der Waals surface area (Å²) in [6.45, 7) is 6.45. The fourth-order valence-electron chi connectivity index (χ4n) is 0.870. The van der Waals surface area contributed by atoms with E-state index in [-0.39, 0.29) is 0 Å². The van der Waals surface area contributed by atoms with Gasteiger partial charge in [0.25, 0.3) is 0 Å². The molecule has 0 aliphatic rings. The minimum Gasteiger partial charge on any atom is -0.328 e. The van der Waals surface area contributed by atoms with Crippen molar-refractivity contribution in [2.75, 3.05) is 13.1 Å². The van der Waals surface area contributed by atoms with Gasteiger partial charge in [-0.05, 0) is 32.4 Å². The topological polar surface area (TPSA) is 38.0 Å². The zero-order chi connectivity index (χ0) is 7.82. The summed E-state index contributed by atoms with van der Waals surface area (Å²) in [6, 6.07) is 0.415. The van der Waals surface area contributed by atoms with Gasteiger partial charge in [0.2, 0.25) is 0 Å². The van der Waals surface area contributed by atoms with E-state index in [1.54, 1.807) is 0 Å². The van der Waals surface area contributed by atoms with Crippen molar-refractivity contribution in [1.29, 1.82) is 0 Å². The van der Waals surface area contributed by atoms with Crippen LogP contribution in [-0.2, 0) is 0 Å².